The summed E-state index contributed by atoms with van der Waals surface area (Å²) in [6, 6.07) is 0. The second-order valence-corrected chi connectivity index (χ2v) is 7.46. The molecule has 3 heterocycles. The Morgan fingerprint density at radius 1 is 1.13 bits per heavy atom. The fourth-order valence-corrected chi connectivity index (χ4v) is 3.68. The van der Waals surface area contributed by atoms with Crippen molar-refractivity contribution >= 4 is 17.1 Å². The van der Waals surface area contributed by atoms with E-state index in [1.54, 1.807) is 0 Å². The summed E-state index contributed by atoms with van der Waals surface area (Å²) in [5, 5.41) is 23.1. The van der Waals surface area contributed by atoms with Crippen molar-refractivity contribution in [3.8, 4) is 0 Å². The Hall–Kier alpha value is -2.50. The molecule has 1 unspecified atom stereocenters. The highest BCUT2D eigenvalue weighted by molar-refractivity contribution is 5.81. The largest absolute Gasteiger partial charge is 0.387 e. The number of rotatable bonds is 8. The molecule has 0 aliphatic carbocycles. The molecular weight excluding hydrogens is 394 g/mol. The molecule has 0 aromatic carbocycles. The van der Waals surface area contributed by atoms with Gasteiger partial charge in [-0.25, -0.2) is 9.78 Å². The zero-order valence-corrected chi connectivity index (χ0v) is 17.4. The van der Waals surface area contributed by atoms with Gasteiger partial charge in [0.2, 0.25) is 0 Å². The van der Waals surface area contributed by atoms with E-state index in [9.17, 15) is 24.6 Å². The molecule has 3 N–H and O–H groups in total. The first-order valence-electron chi connectivity index (χ1n) is 10.3. The van der Waals surface area contributed by atoms with E-state index in [-0.39, 0.29) is 17.7 Å². The van der Waals surface area contributed by atoms with Gasteiger partial charge in [0.15, 0.2) is 23.5 Å². The van der Waals surface area contributed by atoms with E-state index in [0.29, 0.717) is 13.0 Å². The number of nitrogens with one attached hydrogen (secondary N) is 1. The van der Waals surface area contributed by atoms with Crippen LogP contribution in [0.5, 0.6) is 0 Å². The van der Waals surface area contributed by atoms with Gasteiger partial charge in [0.1, 0.15) is 12.2 Å². The lowest BCUT2D eigenvalue weighted by Crippen LogP contribution is -2.41. The quantitative estimate of drug-likeness (QED) is 0.511. The van der Waals surface area contributed by atoms with E-state index < -0.39 is 41.7 Å². The second kappa shape index (κ2) is 9.11. The molecule has 3 rings (SSSR count). The maximum absolute atomic E-state index is 13.2. The molecule has 1 amide bonds. The van der Waals surface area contributed by atoms with Crippen molar-refractivity contribution in [1.29, 1.82) is 0 Å². The van der Waals surface area contributed by atoms with Gasteiger partial charge < -0.3 is 20.3 Å². The minimum Gasteiger partial charge on any atom is -0.387 e. The standard InChI is InChI=1S/C19H29N5O6/c1-4-6-8-22-15-11(17(28)23(19(22)29)9-7-5-2)24(10-21-15)18-13(26)12(25)14(30-18)16(27)20-3/h10,12-14,18,25-26H,4-9H2,1-3H3,(H,20,27)/t12-,13+,14-,18?/m0/s1. The highest BCUT2D eigenvalue weighted by Crippen LogP contribution is 2.31. The molecule has 1 fully saturated rings. The minimum atomic E-state index is -1.47. The number of ether oxygens (including phenoxy) is 1. The van der Waals surface area contributed by atoms with Gasteiger partial charge in [-0.2, -0.15) is 0 Å². The zero-order chi connectivity index (χ0) is 22.0. The predicted molar refractivity (Wildman–Crippen MR) is 108 cm³/mol. The normalized spacial score (nSPS) is 23.9. The Morgan fingerprint density at radius 3 is 2.37 bits per heavy atom. The number of aliphatic hydroxyl groups excluding tert-OH is 2. The van der Waals surface area contributed by atoms with E-state index in [0.717, 1.165) is 19.3 Å². The molecule has 2 aromatic heterocycles. The Kier molecular flexibility index (Phi) is 6.74. The van der Waals surface area contributed by atoms with Crippen LogP contribution in [-0.2, 0) is 22.6 Å². The summed E-state index contributed by atoms with van der Waals surface area (Å²) in [4.78, 5) is 42.3. The number of aliphatic hydroxyl groups is 2. The summed E-state index contributed by atoms with van der Waals surface area (Å²) < 4.78 is 9.53. The van der Waals surface area contributed by atoms with Crippen LogP contribution in [0.1, 0.15) is 45.8 Å². The summed E-state index contributed by atoms with van der Waals surface area (Å²) in [7, 11) is 1.39. The van der Waals surface area contributed by atoms with Crippen molar-refractivity contribution in [3.63, 3.8) is 0 Å². The molecular formula is C19H29N5O6. The molecule has 11 heteroatoms. The van der Waals surface area contributed by atoms with Crippen LogP contribution in [0.3, 0.4) is 0 Å². The van der Waals surface area contributed by atoms with E-state index in [4.69, 9.17) is 4.74 Å². The van der Waals surface area contributed by atoms with E-state index in [1.165, 1.54) is 27.1 Å². The lowest BCUT2D eigenvalue weighted by Gasteiger charge is -2.18. The summed E-state index contributed by atoms with van der Waals surface area (Å²) in [6.07, 6.45) is -1.07. The van der Waals surface area contributed by atoms with Gasteiger partial charge in [0.25, 0.3) is 11.5 Å². The van der Waals surface area contributed by atoms with Crippen molar-refractivity contribution < 1.29 is 19.7 Å². The summed E-state index contributed by atoms with van der Waals surface area (Å²) in [5.41, 5.74) is -0.673. The number of amides is 1. The lowest BCUT2D eigenvalue weighted by atomic mass is 10.1. The molecule has 1 aliphatic heterocycles. The third-order valence-electron chi connectivity index (χ3n) is 5.43. The summed E-state index contributed by atoms with van der Waals surface area (Å²) in [5.74, 6) is -0.589. The molecule has 0 spiro atoms. The van der Waals surface area contributed by atoms with E-state index >= 15 is 0 Å². The van der Waals surface area contributed by atoms with E-state index in [1.807, 2.05) is 13.8 Å². The number of hydrogen-bond donors (Lipinski definition) is 3. The Labute approximate surface area is 172 Å². The number of likely N-dealkylation sites (N-methyl/N-ethyl adjacent to an activating group) is 1. The highest BCUT2D eigenvalue weighted by Gasteiger charge is 2.47. The molecule has 11 nitrogen and oxygen atoms in total. The average Bonchev–Trinajstić information content (AvgIpc) is 3.29. The maximum atomic E-state index is 13.2. The van der Waals surface area contributed by atoms with Gasteiger partial charge in [-0.15, -0.1) is 0 Å². The van der Waals surface area contributed by atoms with Crippen LogP contribution >= 0.6 is 0 Å². The summed E-state index contributed by atoms with van der Waals surface area (Å²) in [6.45, 7) is 4.62. The molecule has 2 aromatic rings. The van der Waals surface area contributed by atoms with Crippen molar-refractivity contribution in [2.24, 2.45) is 0 Å². The molecule has 1 saturated heterocycles. The molecule has 0 saturated carbocycles. The highest BCUT2D eigenvalue weighted by atomic mass is 16.6. The van der Waals surface area contributed by atoms with Gasteiger partial charge >= 0.3 is 5.69 Å². The third kappa shape index (κ3) is 3.68. The van der Waals surface area contributed by atoms with Crippen molar-refractivity contribution in [1.82, 2.24) is 24.0 Å². The van der Waals surface area contributed by atoms with Gasteiger partial charge in [0, 0.05) is 20.1 Å². The van der Waals surface area contributed by atoms with Gasteiger partial charge in [-0.05, 0) is 12.8 Å². The lowest BCUT2D eigenvalue weighted by molar-refractivity contribution is -0.137. The minimum absolute atomic E-state index is 0.0932. The second-order valence-electron chi connectivity index (χ2n) is 7.46. The van der Waals surface area contributed by atoms with Gasteiger partial charge in [-0.1, -0.05) is 26.7 Å². The van der Waals surface area contributed by atoms with Crippen molar-refractivity contribution in [3.05, 3.63) is 27.2 Å². The van der Waals surface area contributed by atoms with Gasteiger partial charge in [-0.3, -0.25) is 23.3 Å². The first-order chi connectivity index (χ1) is 14.4. The van der Waals surface area contributed by atoms with Gasteiger partial charge in [0.05, 0.1) is 6.33 Å². The smallest absolute Gasteiger partial charge is 0.332 e. The number of nitrogens with zero attached hydrogens (tertiary/aromatic N) is 4. The molecule has 166 valence electrons. The Balaban J connectivity index is 2.16. The number of aromatic nitrogens is 4. The number of carbonyl (C=O) groups is 1. The first-order valence-corrected chi connectivity index (χ1v) is 10.3. The first kappa shape index (κ1) is 22.2. The topological polar surface area (TPSA) is 141 Å². The van der Waals surface area contributed by atoms with Crippen molar-refractivity contribution in [2.45, 2.75) is 77.2 Å². The molecule has 4 atom stereocenters. The number of fused-ring (bicyclic) bond motifs is 1. The molecule has 30 heavy (non-hydrogen) atoms. The number of carbonyl (C=O) groups excluding carboxylic acids is 1. The summed E-state index contributed by atoms with van der Waals surface area (Å²) >= 11 is 0. The number of aryl methyl sites for hydroxylation is 1. The van der Waals surface area contributed by atoms with Crippen LogP contribution in [-0.4, -0.2) is 60.2 Å². The monoisotopic (exact) mass is 423 g/mol. The predicted octanol–water partition coefficient (Wildman–Crippen LogP) is -0.675. The van der Waals surface area contributed by atoms with Crippen LogP contribution in [0, 0.1) is 0 Å². The number of hydrogen-bond acceptors (Lipinski definition) is 7. The van der Waals surface area contributed by atoms with Crippen LogP contribution < -0.4 is 16.6 Å². The fraction of sp³-hybridized carbons (Fsp3) is 0.684. The SMILES string of the molecule is CCCCn1c(=O)c2c(ncn2C2O[C@H](C(=O)NC)[C@@H](O)[C@H]2O)n(CCCC)c1=O. The average molecular weight is 423 g/mol. The Morgan fingerprint density at radius 2 is 1.77 bits per heavy atom. The van der Waals surface area contributed by atoms with Crippen LogP contribution in [0.2, 0.25) is 0 Å². The fourth-order valence-electron chi connectivity index (χ4n) is 3.68. The van der Waals surface area contributed by atoms with Crippen LogP contribution in [0.25, 0.3) is 11.2 Å². The molecule has 0 radical (unpaired) electrons. The number of unbranched alkanes of at least 4 members (excludes halogenated alkanes) is 2. The van der Waals surface area contributed by atoms with Crippen LogP contribution in [0.4, 0.5) is 0 Å². The molecule has 0 bridgehead atoms. The number of imidazole rings is 1. The molecule has 1 aliphatic rings. The third-order valence-corrected chi connectivity index (χ3v) is 5.43. The maximum Gasteiger partial charge on any atom is 0.332 e. The van der Waals surface area contributed by atoms with Crippen molar-refractivity contribution in [2.75, 3.05) is 7.05 Å². The zero-order valence-electron chi connectivity index (χ0n) is 17.4. The van der Waals surface area contributed by atoms with Crippen LogP contribution in [0.15, 0.2) is 15.9 Å². The van der Waals surface area contributed by atoms with E-state index in [2.05, 4.69) is 10.3 Å². The Bertz CT molecular complexity index is 1020.